The lowest BCUT2D eigenvalue weighted by Gasteiger charge is -2.28. The Morgan fingerprint density at radius 1 is 1.00 bits per heavy atom. The number of carbonyl (C=O) groups excluding carboxylic acids is 1. The van der Waals surface area contributed by atoms with Gasteiger partial charge in [0.2, 0.25) is 10.0 Å². The number of para-hydroxylation sites is 1. The van der Waals surface area contributed by atoms with Crippen LogP contribution in [-0.2, 0) is 16.4 Å². The molecule has 0 aliphatic carbocycles. The predicted octanol–water partition coefficient (Wildman–Crippen LogP) is 3.90. The lowest BCUT2D eigenvalue weighted by Crippen LogP contribution is -2.38. The fourth-order valence-corrected chi connectivity index (χ4v) is 4.58. The number of carbonyl (C=O) groups is 1. The third kappa shape index (κ3) is 4.01. The number of rotatable bonds is 4. The van der Waals surface area contributed by atoms with Gasteiger partial charge in [-0.15, -0.1) is 0 Å². The van der Waals surface area contributed by atoms with E-state index in [0.717, 1.165) is 17.7 Å². The first kappa shape index (κ1) is 19.2. The van der Waals surface area contributed by atoms with Crippen molar-refractivity contribution in [2.75, 3.05) is 10.6 Å². The molecule has 0 aromatic heterocycles. The van der Waals surface area contributed by atoms with Crippen molar-refractivity contribution >= 4 is 27.3 Å². The summed E-state index contributed by atoms with van der Waals surface area (Å²) in [6.07, 6.45) is 0.291. The number of aryl methyl sites for hydroxylation is 1. The minimum Gasteiger partial charge on any atom is -0.364 e. The first-order valence-electron chi connectivity index (χ1n) is 9.34. The molecule has 3 N–H and O–H groups in total. The van der Waals surface area contributed by atoms with Crippen LogP contribution in [0.3, 0.4) is 0 Å². The average molecular weight is 407 g/mol. The number of sulfonamides is 1. The monoisotopic (exact) mass is 407 g/mol. The molecule has 7 heteroatoms. The summed E-state index contributed by atoms with van der Waals surface area (Å²) >= 11 is 0. The van der Waals surface area contributed by atoms with E-state index in [0.29, 0.717) is 16.8 Å². The third-order valence-corrected chi connectivity index (χ3v) is 6.33. The van der Waals surface area contributed by atoms with Crippen LogP contribution in [-0.4, -0.2) is 14.3 Å². The highest BCUT2D eigenvalue weighted by atomic mass is 32.2. The van der Waals surface area contributed by atoms with Crippen LogP contribution in [0.2, 0.25) is 0 Å². The highest BCUT2D eigenvalue weighted by molar-refractivity contribution is 7.89. The van der Waals surface area contributed by atoms with E-state index in [9.17, 15) is 13.2 Å². The third-order valence-electron chi connectivity index (χ3n) is 4.85. The lowest BCUT2D eigenvalue weighted by atomic mass is 10.1. The second-order valence-corrected chi connectivity index (χ2v) is 8.51. The SMILES string of the molecule is CCc1cccc(NC(=O)c2ccc([C@H]3Nc4ccccc4S(=O)(=O)N3)cc2)c1. The van der Waals surface area contributed by atoms with Gasteiger partial charge in [-0.2, -0.15) is 4.72 Å². The van der Waals surface area contributed by atoms with E-state index >= 15 is 0 Å². The Morgan fingerprint density at radius 3 is 2.52 bits per heavy atom. The van der Waals surface area contributed by atoms with Gasteiger partial charge in [0.05, 0.1) is 5.69 Å². The Kier molecular flexibility index (Phi) is 5.08. The molecule has 1 aliphatic rings. The minimum atomic E-state index is -3.60. The lowest BCUT2D eigenvalue weighted by molar-refractivity contribution is 0.102. The molecule has 1 atom stereocenters. The Bertz CT molecular complexity index is 1160. The second kappa shape index (κ2) is 7.69. The largest absolute Gasteiger partial charge is 0.364 e. The predicted molar refractivity (Wildman–Crippen MR) is 113 cm³/mol. The molecule has 0 unspecified atom stereocenters. The van der Waals surface area contributed by atoms with Gasteiger partial charge in [0.25, 0.3) is 5.91 Å². The smallest absolute Gasteiger partial charge is 0.255 e. The zero-order valence-electron chi connectivity index (χ0n) is 15.8. The molecular weight excluding hydrogens is 386 g/mol. The molecule has 6 nitrogen and oxygen atoms in total. The number of hydrogen-bond acceptors (Lipinski definition) is 4. The summed E-state index contributed by atoms with van der Waals surface area (Å²) in [6, 6.07) is 21.3. The van der Waals surface area contributed by atoms with Crippen LogP contribution in [0.5, 0.6) is 0 Å². The van der Waals surface area contributed by atoms with Crippen molar-refractivity contribution < 1.29 is 13.2 Å². The van der Waals surface area contributed by atoms with Crippen molar-refractivity contribution in [2.45, 2.75) is 24.4 Å². The summed E-state index contributed by atoms with van der Waals surface area (Å²) in [4.78, 5) is 12.8. The van der Waals surface area contributed by atoms with Crippen molar-refractivity contribution in [2.24, 2.45) is 0 Å². The molecule has 3 aromatic carbocycles. The van der Waals surface area contributed by atoms with Gasteiger partial charge in [0, 0.05) is 11.3 Å². The van der Waals surface area contributed by atoms with Crippen molar-refractivity contribution in [1.29, 1.82) is 0 Å². The van der Waals surface area contributed by atoms with E-state index in [1.54, 1.807) is 48.5 Å². The first-order chi connectivity index (χ1) is 14.0. The molecule has 0 saturated carbocycles. The molecule has 1 amide bonds. The fraction of sp³-hybridized carbons (Fsp3) is 0.136. The maximum absolute atomic E-state index is 12.5. The van der Waals surface area contributed by atoms with E-state index in [4.69, 9.17) is 0 Å². The van der Waals surface area contributed by atoms with Gasteiger partial charge in [-0.05, 0) is 53.9 Å². The molecule has 0 spiro atoms. The van der Waals surface area contributed by atoms with Gasteiger partial charge in [-0.25, -0.2) is 8.42 Å². The van der Waals surface area contributed by atoms with Gasteiger partial charge in [-0.1, -0.05) is 43.3 Å². The summed E-state index contributed by atoms with van der Waals surface area (Å²) in [6.45, 7) is 2.06. The van der Waals surface area contributed by atoms with Gasteiger partial charge in [-0.3, -0.25) is 4.79 Å². The van der Waals surface area contributed by atoms with Crippen LogP contribution in [0.25, 0.3) is 0 Å². The van der Waals surface area contributed by atoms with E-state index in [1.165, 1.54) is 0 Å². The normalized spacial score (nSPS) is 17.1. The second-order valence-electron chi connectivity index (χ2n) is 6.82. The van der Waals surface area contributed by atoms with Gasteiger partial charge in [0.1, 0.15) is 11.1 Å². The topological polar surface area (TPSA) is 87.3 Å². The zero-order valence-corrected chi connectivity index (χ0v) is 16.7. The zero-order chi connectivity index (χ0) is 20.4. The van der Waals surface area contributed by atoms with E-state index < -0.39 is 16.2 Å². The van der Waals surface area contributed by atoms with Gasteiger partial charge >= 0.3 is 0 Å². The van der Waals surface area contributed by atoms with Crippen molar-refractivity contribution in [3.63, 3.8) is 0 Å². The summed E-state index contributed by atoms with van der Waals surface area (Å²) in [5.74, 6) is -0.215. The molecule has 0 fully saturated rings. The maximum atomic E-state index is 12.5. The van der Waals surface area contributed by atoms with E-state index in [2.05, 4.69) is 22.3 Å². The molecular formula is C22H21N3O3S. The minimum absolute atomic E-state index is 0.215. The molecule has 1 heterocycles. The fourth-order valence-electron chi connectivity index (χ4n) is 3.27. The number of benzene rings is 3. The number of anilines is 2. The van der Waals surface area contributed by atoms with Crippen LogP contribution in [0.1, 0.15) is 34.6 Å². The van der Waals surface area contributed by atoms with Crippen LogP contribution in [0.15, 0.2) is 77.7 Å². The van der Waals surface area contributed by atoms with Crippen molar-refractivity contribution in [3.05, 3.63) is 89.5 Å². The molecule has 4 rings (SSSR count). The van der Waals surface area contributed by atoms with Crippen molar-refractivity contribution in [1.82, 2.24) is 4.72 Å². The number of amides is 1. The van der Waals surface area contributed by atoms with E-state index in [-0.39, 0.29) is 10.8 Å². The number of hydrogen-bond donors (Lipinski definition) is 3. The first-order valence-corrected chi connectivity index (χ1v) is 10.8. The molecule has 1 aliphatic heterocycles. The molecule has 3 aromatic rings. The summed E-state index contributed by atoms with van der Waals surface area (Å²) in [5, 5.41) is 6.07. The number of nitrogens with one attached hydrogen (secondary N) is 3. The standard InChI is InChI=1S/C22H21N3O3S/c1-2-15-6-5-7-18(14-15)23-22(26)17-12-10-16(11-13-17)21-24-19-8-3-4-9-20(19)29(27,28)25-21/h3-14,21,24-25H,2H2,1H3,(H,23,26)/t21-/m0/s1. The maximum Gasteiger partial charge on any atom is 0.255 e. The Hall–Kier alpha value is -3.16. The summed E-state index contributed by atoms with van der Waals surface area (Å²) in [5.41, 5.74) is 3.65. The quantitative estimate of drug-likeness (QED) is 0.612. The molecule has 0 bridgehead atoms. The van der Waals surface area contributed by atoms with Gasteiger partial charge in [0.15, 0.2) is 0 Å². The van der Waals surface area contributed by atoms with Gasteiger partial charge < -0.3 is 10.6 Å². The van der Waals surface area contributed by atoms with Crippen molar-refractivity contribution in [3.8, 4) is 0 Å². The molecule has 0 saturated heterocycles. The Morgan fingerprint density at radius 2 is 1.76 bits per heavy atom. The highest BCUT2D eigenvalue weighted by Gasteiger charge is 2.29. The van der Waals surface area contributed by atoms with Crippen LogP contribution < -0.4 is 15.4 Å². The molecule has 29 heavy (non-hydrogen) atoms. The van der Waals surface area contributed by atoms with Crippen LogP contribution in [0.4, 0.5) is 11.4 Å². The van der Waals surface area contributed by atoms with Crippen LogP contribution >= 0.6 is 0 Å². The average Bonchev–Trinajstić information content (AvgIpc) is 2.73. The summed E-state index contributed by atoms with van der Waals surface area (Å²) < 4.78 is 27.6. The molecule has 0 radical (unpaired) electrons. The summed E-state index contributed by atoms with van der Waals surface area (Å²) in [7, 11) is -3.60. The Labute approximate surface area is 170 Å². The molecule has 148 valence electrons. The Balaban J connectivity index is 1.51. The number of fused-ring (bicyclic) bond motifs is 1. The van der Waals surface area contributed by atoms with Crippen LogP contribution in [0, 0.1) is 0 Å². The highest BCUT2D eigenvalue weighted by Crippen LogP contribution is 2.30. The van der Waals surface area contributed by atoms with E-state index in [1.807, 2.05) is 24.3 Å².